The first-order valence-electron chi connectivity index (χ1n) is 7.47. The predicted octanol–water partition coefficient (Wildman–Crippen LogP) is 4.08. The molecule has 0 aromatic carbocycles. The van der Waals surface area contributed by atoms with Crippen LogP contribution >= 0.6 is 0 Å². The first-order valence-corrected chi connectivity index (χ1v) is 7.47. The second-order valence-electron chi connectivity index (χ2n) is 5.15. The fourth-order valence-electron chi connectivity index (χ4n) is 2.63. The highest BCUT2D eigenvalue weighted by Crippen LogP contribution is 2.33. The molecule has 0 aliphatic carbocycles. The molecule has 0 radical (unpaired) electrons. The van der Waals surface area contributed by atoms with Crippen molar-refractivity contribution in [2.75, 3.05) is 6.54 Å². The zero-order valence-corrected chi connectivity index (χ0v) is 12.6. The first-order chi connectivity index (χ1) is 9.77. The molecule has 0 saturated heterocycles. The van der Waals surface area contributed by atoms with Crippen molar-refractivity contribution in [2.24, 2.45) is 0 Å². The molecule has 2 atom stereocenters. The number of rotatable bonds is 7. The SMILES string of the molecule is CCCNC(c1ccoc1CC)C(C)c1ccncc1. The summed E-state index contributed by atoms with van der Waals surface area (Å²) < 4.78 is 5.61. The van der Waals surface area contributed by atoms with E-state index in [9.17, 15) is 0 Å². The molecule has 0 aliphatic heterocycles. The van der Waals surface area contributed by atoms with E-state index in [0.29, 0.717) is 5.92 Å². The molecule has 2 heterocycles. The van der Waals surface area contributed by atoms with Gasteiger partial charge in [-0.05, 0) is 36.7 Å². The minimum absolute atomic E-state index is 0.283. The lowest BCUT2D eigenvalue weighted by atomic mass is 9.88. The molecule has 2 aromatic rings. The van der Waals surface area contributed by atoms with Crippen molar-refractivity contribution in [3.8, 4) is 0 Å². The third kappa shape index (κ3) is 3.28. The van der Waals surface area contributed by atoms with Gasteiger partial charge in [-0.3, -0.25) is 4.98 Å². The molecule has 2 rings (SSSR count). The molecule has 0 amide bonds. The Morgan fingerprint density at radius 2 is 1.95 bits per heavy atom. The predicted molar refractivity (Wildman–Crippen MR) is 81.8 cm³/mol. The molecule has 2 unspecified atom stereocenters. The van der Waals surface area contributed by atoms with Crippen LogP contribution in [0.25, 0.3) is 0 Å². The van der Waals surface area contributed by atoms with E-state index in [2.05, 4.69) is 49.3 Å². The first kappa shape index (κ1) is 14.8. The second kappa shape index (κ2) is 7.25. The van der Waals surface area contributed by atoms with Gasteiger partial charge < -0.3 is 9.73 Å². The number of hydrogen-bond acceptors (Lipinski definition) is 3. The van der Waals surface area contributed by atoms with Gasteiger partial charge in [0.1, 0.15) is 5.76 Å². The Labute approximate surface area is 121 Å². The fourth-order valence-corrected chi connectivity index (χ4v) is 2.63. The van der Waals surface area contributed by atoms with Crippen molar-refractivity contribution in [1.82, 2.24) is 10.3 Å². The van der Waals surface area contributed by atoms with Gasteiger partial charge in [-0.25, -0.2) is 0 Å². The summed E-state index contributed by atoms with van der Waals surface area (Å²) in [7, 11) is 0. The number of furan rings is 1. The van der Waals surface area contributed by atoms with Gasteiger partial charge >= 0.3 is 0 Å². The topological polar surface area (TPSA) is 38.1 Å². The average Bonchev–Trinajstić information content (AvgIpc) is 2.96. The van der Waals surface area contributed by atoms with Crippen LogP contribution in [0.4, 0.5) is 0 Å². The smallest absolute Gasteiger partial charge is 0.108 e. The summed E-state index contributed by atoms with van der Waals surface area (Å²) >= 11 is 0. The van der Waals surface area contributed by atoms with Crippen molar-refractivity contribution in [2.45, 2.75) is 45.6 Å². The van der Waals surface area contributed by atoms with Crippen molar-refractivity contribution in [1.29, 1.82) is 0 Å². The van der Waals surface area contributed by atoms with E-state index in [-0.39, 0.29) is 6.04 Å². The number of pyridine rings is 1. The van der Waals surface area contributed by atoms with Gasteiger partial charge in [0.05, 0.1) is 6.26 Å². The van der Waals surface area contributed by atoms with E-state index in [1.54, 1.807) is 6.26 Å². The second-order valence-corrected chi connectivity index (χ2v) is 5.15. The van der Waals surface area contributed by atoms with Gasteiger partial charge in [0.2, 0.25) is 0 Å². The molecule has 1 N–H and O–H groups in total. The molecule has 108 valence electrons. The lowest BCUT2D eigenvalue weighted by Gasteiger charge is -2.25. The Hall–Kier alpha value is -1.61. The van der Waals surface area contributed by atoms with E-state index in [0.717, 1.165) is 25.1 Å². The van der Waals surface area contributed by atoms with E-state index in [4.69, 9.17) is 4.42 Å². The van der Waals surface area contributed by atoms with Crippen LogP contribution in [0, 0.1) is 0 Å². The summed E-state index contributed by atoms with van der Waals surface area (Å²) in [5.41, 5.74) is 2.59. The van der Waals surface area contributed by atoms with Gasteiger partial charge in [0.15, 0.2) is 0 Å². The quantitative estimate of drug-likeness (QED) is 0.825. The van der Waals surface area contributed by atoms with Crippen LogP contribution < -0.4 is 5.32 Å². The number of nitrogens with one attached hydrogen (secondary N) is 1. The van der Waals surface area contributed by atoms with Gasteiger partial charge in [-0.1, -0.05) is 20.8 Å². The van der Waals surface area contributed by atoms with E-state index in [1.807, 2.05) is 12.4 Å². The van der Waals surface area contributed by atoms with Crippen molar-refractivity contribution < 1.29 is 4.42 Å². The molecular weight excluding hydrogens is 248 g/mol. The zero-order valence-electron chi connectivity index (χ0n) is 12.6. The minimum Gasteiger partial charge on any atom is -0.469 e. The van der Waals surface area contributed by atoms with Crippen LogP contribution in [0.3, 0.4) is 0 Å². The summed E-state index contributed by atoms with van der Waals surface area (Å²) in [6.07, 6.45) is 7.57. The van der Waals surface area contributed by atoms with Crippen molar-refractivity contribution in [3.63, 3.8) is 0 Å². The third-order valence-corrected chi connectivity index (χ3v) is 3.78. The highest BCUT2D eigenvalue weighted by atomic mass is 16.3. The minimum atomic E-state index is 0.283. The van der Waals surface area contributed by atoms with Crippen LogP contribution in [0.2, 0.25) is 0 Å². The molecule has 0 saturated carbocycles. The standard InChI is InChI=1S/C17H24N2O/c1-4-9-19-17(15-8-12-20-16(15)5-2)13(3)14-6-10-18-11-7-14/h6-8,10-13,17,19H,4-5,9H2,1-3H3. The van der Waals surface area contributed by atoms with Gasteiger partial charge in [0.25, 0.3) is 0 Å². The fraction of sp³-hybridized carbons (Fsp3) is 0.471. The Bertz CT molecular complexity index is 507. The highest BCUT2D eigenvalue weighted by Gasteiger charge is 2.23. The monoisotopic (exact) mass is 272 g/mol. The number of hydrogen-bond donors (Lipinski definition) is 1. The van der Waals surface area contributed by atoms with E-state index >= 15 is 0 Å². The maximum absolute atomic E-state index is 5.61. The summed E-state index contributed by atoms with van der Waals surface area (Å²) in [4.78, 5) is 4.11. The Morgan fingerprint density at radius 1 is 1.20 bits per heavy atom. The molecule has 0 fully saturated rings. The van der Waals surface area contributed by atoms with Crippen molar-refractivity contribution in [3.05, 3.63) is 53.7 Å². The average molecular weight is 272 g/mol. The maximum Gasteiger partial charge on any atom is 0.108 e. The zero-order chi connectivity index (χ0) is 14.4. The molecule has 0 bridgehead atoms. The summed E-state index contributed by atoms with van der Waals surface area (Å²) in [5, 5.41) is 3.66. The van der Waals surface area contributed by atoms with Crippen LogP contribution in [0.15, 0.2) is 41.3 Å². The number of aromatic nitrogens is 1. The van der Waals surface area contributed by atoms with Crippen LogP contribution in [0.1, 0.15) is 56.0 Å². The summed E-state index contributed by atoms with van der Waals surface area (Å²) in [6, 6.07) is 6.57. The van der Waals surface area contributed by atoms with Gasteiger partial charge in [-0.15, -0.1) is 0 Å². The lowest BCUT2D eigenvalue weighted by Crippen LogP contribution is -2.27. The summed E-state index contributed by atoms with van der Waals surface area (Å²) in [5.74, 6) is 1.46. The van der Waals surface area contributed by atoms with Crippen molar-refractivity contribution >= 4 is 0 Å². The van der Waals surface area contributed by atoms with E-state index < -0.39 is 0 Å². The molecular formula is C17H24N2O. The highest BCUT2D eigenvalue weighted by molar-refractivity contribution is 5.28. The molecule has 3 nitrogen and oxygen atoms in total. The molecule has 0 aliphatic rings. The molecule has 0 spiro atoms. The number of aryl methyl sites for hydroxylation is 1. The molecule has 2 aromatic heterocycles. The Balaban J connectivity index is 2.27. The normalized spacial score (nSPS) is 14.2. The van der Waals surface area contributed by atoms with E-state index in [1.165, 1.54) is 11.1 Å². The Morgan fingerprint density at radius 3 is 2.60 bits per heavy atom. The molecule has 20 heavy (non-hydrogen) atoms. The summed E-state index contributed by atoms with van der Waals surface area (Å²) in [6.45, 7) is 7.59. The Kier molecular flexibility index (Phi) is 5.36. The maximum atomic E-state index is 5.61. The number of nitrogens with zero attached hydrogens (tertiary/aromatic N) is 1. The third-order valence-electron chi connectivity index (χ3n) is 3.78. The van der Waals surface area contributed by atoms with Gasteiger partial charge in [0, 0.05) is 36.3 Å². The largest absolute Gasteiger partial charge is 0.469 e. The van der Waals surface area contributed by atoms with Gasteiger partial charge in [-0.2, -0.15) is 0 Å². The molecule has 3 heteroatoms. The van der Waals surface area contributed by atoms with Crippen LogP contribution in [0.5, 0.6) is 0 Å². The van der Waals surface area contributed by atoms with Crippen LogP contribution in [-0.2, 0) is 6.42 Å². The van der Waals surface area contributed by atoms with Crippen LogP contribution in [-0.4, -0.2) is 11.5 Å². The lowest BCUT2D eigenvalue weighted by molar-refractivity contribution is 0.445.